The van der Waals surface area contributed by atoms with Crippen molar-refractivity contribution in [1.29, 1.82) is 0 Å². The van der Waals surface area contributed by atoms with Crippen LogP contribution in [0.1, 0.15) is 19.4 Å². The highest BCUT2D eigenvalue weighted by Crippen LogP contribution is 2.26. The second-order valence-electron chi connectivity index (χ2n) is 5.67. The molecule has 1 aliphatic heterocycles. The van der Waals surface area contributed by atoms with E-state index in [1.165, 1.54) is 16.5 Å². The monoisotopic (exact) mass is 242 g/mol. The fraction of sp³-hybridized carbons (Fsp3) is 0.400. The topological polar surface area (TPSA) is 34.0 Å². The predicted octanol–water partition coefficient (Wildman–Crippen LogP) is 2.04. The summed E-state index contributed by atoms with van der Waals surface area (Å²) in [5, 5.41) is 4.58. The molecule has 1 atom stereocenters. The van der Waals surface area contributed by atoms with Gasteiger partial charge in [0.2, 0.25) is 0 Å². The van der Waals surface area contributed by atoms with Gasteiger partial charge >= 0.3 is 0 Å². The van der Waals surface area contributed by atoms with Crippen LogP contribution < -0.4 is 5.32 Å². The Morgan fingerprint density at radius 1 is 1.33 bits per heavy atom. The number of hydrogen-bond donors (Lipinski definition) is 1. The van der Waals surface area contributed by atoms with Crippen LogP contribution in [-0.4, -0.2) is 21.9 Å². The van der Waals surface area contributed by atoms with Crippen molar-refractivity contribution >= 4 is 16.7 Å². The standard InChI is InChI=1S/C15H18N2O/c1-15(2)14(18)12(16-15)8-10-9-17(3)13-7-5-4-6-11(10)13/h4-7,9,12,16H,8H2,1-3H3. The number of nitrogens with one attached hydrogen (secondary N) is 1. The average molecular weight is 242 g/mol. The zero-order valence-corrected chi connectivity index (χ0v) is 11.0. The van der Waals surface area contributed by atoms with E-state index in [9.17, 15) is 4.79 Å². The number of benzene rings is 1. The van der Waals surface area contributed by atoms with Crippen molar-refractivity contribution in [3.8, 4) is 0 Å². The van der Waals surface area contributed by atoms with Crippen molar-refractivity contribution in [1.82, 2.24) is 9.88 Å². The molecule has 0 amide bonds. The van der Waals surface area contributed by atoms with E-state index >= 15 is 0 Å². The molecule has 1 fully saturated rings. The summed E-state index contributed by atoms with van der Waals surface area (Å²) in [7, 11) is 2.05. The van der Waals surface area contributed by atoms with Gasteiger partial charge in [0.05, 0.1) is 11.6 Å². The molecule has 94 valence electrons. The minimum Gasteiger partial charge on any atom is -0.350 e. The second kappa shape index (κ2) is 3.69. The molecule has 1 aliphatic rings. The first-order chi connectivity index (χ1) is 8.49. The van der Waals surface area contributed by atoms with E-state index in [2.05, 4.69) is 28.2 Å². The first-order valence-electron chi connectivity index (χ1n) is 6.34. The number of carbonyl (C=O) groups excluding carboxylic acids is 1. The molecule has 2 heterocycles. The van der Waals surface area contributed by atoms with Gasteiger partial charge in [-0.25, -0.2) is 0 Å². The number of ketones is 1. The highest BCUT2D eigenvalue weighted by molar-refractivity contribution is 5.99. The molecule has 1 aromatic heterocycles. The molecular formula is C15H18N2O. The minimum atomic E-state index is -0.338. The maximum absolute atomic E-state index is 12.0. The SMILES string of the molecule is Cn1cc(CC2NC(C)(C)C2=O)c2ccccc21. The Bertz CT molecular complexity index is 624. The van der Waals surface area contributed by atoms with Crippen molar-refractivity contribution in [3.05, 3.63) is 36.0 Å². The minimum absolute atomic E-state index is 0.0224. The molecule has 1 N–H and O–H groups in total. The van der Waals surface area contributed by atoms with Crippen LogP contribution in [0, 0.1) is 0 Å². The third-order valence-corrected chi connectivity index (χ3v) is 3.87. The summed E-state index contributed by atoms with van der Waals surface area (Å²) in [6.45, 7) is 3.88. The molecule has 3 heteroatoms. The van der Waals surface area contributed by atoms with Crippen LogP contribution in [0.5, 0.6) is 0 Å². The fourth-order valence-electron chi connectivity index (χ4n) is 2.88. The number of nitrogens with zero attached hydrogens (tertiary/aromatic N) is 1. The lowest BCUT2D eigenvalue weighted by Gasteiger charge is -2.42. The maximum atomic E-state index is 12.0. The van der Waals surface area contributed by atoms with Crippen LogP contribution in [0.15, 0.2) is 30.5 Å². The largest absolute Gasteiger partial charge is 0.350 e. The van der Waals surface area contributed by atoms with Gasteiger partial charge in [-0.1, -0.05) is 18.2 Å². The first kappa shape index (κ1) is 11.5. The van der Waals surface area contributed by atoms with E-state index in [1.807, 2.05) is 33.0 Å². The lowest BCUT2D eigenvalue weighted by atomic mass is 9.80. The molecule has 0 saturated carbocycles. The summed E-state index contributed by atoms with van der Waals surface area (Å²) < 4.78 is 2.12. The highest BCUT2D eigenvalue weighted by atomic mass is 16.1. The summed E-state index contributed by atoms with van der Waals surface area (Å²) in [5.41, 5.74) is 2.13. The van der Waals surface area contributed by atoms with Gasteiger partial charge in [0, 0.05) is 24.1 Å². The van der Waals surface area contributed by atoms with E-state index in [0.717, 1.165) is 6.42 Å². The van der Waals surface area contributed by atoms with Gasteiger partial charge in [0.1, 0.15) is 0 Å². The molecule has 1 unspecified atom stereocenters. The summed E-state index contributed by atoms with van der Waals surface area (Å²) in [6, 6.07) is 8.30. The van der Waals surface area contributed by atoms with Crippen LogP contribution in [0.25, 0.3) is 10.9 Å². The van der Waals surface area contributed by atoms with E-state index in [1.54, 1.807) is 0 Å². The number of aromatic nitrogens is 1. The van der Waals surface area contributed by atoms with Crippen molar-refractivity contribution < 1.29 is 4.79 Å². The zero-order chi connectivity index (χ0) is 12.9. The smallest absolute Gasteiger partial charge is 0.169 e. The third-order valence-electron chi connectivity index (χ3n) is 3.87. The van der Waals surface area contributed by atoms with Gasteiger partial charge in [-0.2, -0.15) is 0 Å². The zero-order valence-electron chi connectivity index (χ0n) is 11.0. The van der Waals surface area contributed by atoms with Crippen LogP contribution in [-0.2, 0) is 18.3 Å². The Labute approximate surface area is 107 Å². The van der Waals surface area contributed by atoms with Crippen LogP contribution in [0.4, 0.5) is 0 Å². The van der Waals surface area contributed by atoms with Crippen LogP contribution >= 0.6 is 0 Å². The molecule has 0 aliphatic carbocycles. The summed E-state index contributed by atoms with van der Waals surface area (Å²) in [5.74, 6) is 0.315. The maximum Gasteiger partial charge on any atom is 0.169 e. The van der Waals surface area contributed by atoms with Crippen molar-refractivity contribution in [3.63, 3.8) is 0 Å². The second-order valence-corrected chi connectivity index (χ2v) is 5.67. The summed E-state index contributed by atoms with van der Waals surface area (Å²) in [4.78, 5) is 12.0. The van der Waals surface area contributed by atoms with Crippen LogP contribution in [0.2, 0.25) is 0 Å². The number of carbonyl (C=O) groups is 1. The Balaban J connectivity index is 1.91. The molecule has 0 radical (unpaired) electrons. The van der Waals surface area contributed by atoms with Gasteiger partial charge in [-0.3, -0.25) is 10.1 Å². The van der Waals surface area contributed by atoms with E-state index in [4.69, 9.17) is 0 Å². The summed E-state index contributed by atoms with van der Waals surface area (Å²) in [6.07, 6.45) is 2.91. The average Bonchev–Trinajstić information content (AvgIpc) is 2.66. The lowest BCUT2D eigenvalue weighted by molar-refractivity contribution is -0.135. The molecule has 2 aromatic rings. The van der Waals surface area contributed by atoms with Gasteiger partial charge in [-0.05, 0) is 31.9 Å². The molecule has 1 saturated heterocycles. The molecule has 0 bridgehead atoms. The Kier molecular flexibility index (Phi) is 2.35. The normalized spacial score (nSPS) is 22.2. The van der Waals surface area contributed by atoms with Gasteiger partial charge < -0.3 is 4.57 Å². The van der Waals surface area contributed by atoms with Crippen LogP contribution in [0.3, 0.4) is 0 Å². The third kappa shape index (κ3) is 1.58. The number of Topliss-reactive ketones (excluding diaryl/α,β-unsaturated/α-hetero) is 1. The quantitative estimate of drug-likeness (QED) is 0.874. The van der Waals surface area contributed by atoms with E-state index in [0.29, 0.717) is 5.78 Å². The van der Waals surface area contributed by atoms with E-state index in [-0.39, 0.29) is 11.6 Å². The first-order valence-corrected chi connectivity index (χ1v) is 6.34. The number of fused-ring (bicyclic) bond motifs is 1. The predicted molar refractivity (Wildman–Crippen MR) is 72.6 cm³/mol. The number of hydrogen-bond acceptors (Lipinski definition) is 2. The number of aryl methyl sites for hydroxylation is 1. The van der Waals surface area contributed by atoms with E-state index < -0.39 is 0 Å². The van der Waals surface area contributed by atoms with Crippen molar-refractivity contribution in [2.75, 3.05) is 0 Å². The fourth-order valence-corrected chi connectivity index (χ4v) is 2.88. The van der Waals surface area contributed by atoms with Crippen molar-refractivity contribution in [2.24, 2.45) is 7.05 Å². The molecule has 0 spiro atoms. The summed E-state index contributed by atoms with van der Waals surface area (Å²) >= 11 is 0. The number of rotatable bonds is 2. The Morgan fingerprint density at radius 2 is 2.06 bits per heavy atom. The Hall–Kier alpha value is -1.61. The van der Waals surface area contributed by atoms with Crippen molar-refractivity contribution in [2.45, 2.75) is 31.8 Å². The van der Waals surface area contributed by atoms with Gasteiger partial charge in [0.15, 0.2) is 5.78 Å². The molecule has 1 aromatic carbocycles. The Morgan fingerprint density at radius 3 is 2.72 bits per heavy atom. The highest BCUT2D eigenvalue weighted by Gasteiger charge is 2.45. The molecule has 18 heavy (non-hydrogen) atoms. The molecular weight excluding hydrogens is 224 g/mol. The molecule has 3 nitrogen and oxygen atoms in total. The molecule has 3 rings (SSSR count). The number of para-hydroxylation sites is 1. The van der Waals surface area contributed by atoms with Gasteiger partial charge in [0.25, 0.3) is 0 Å². The van der Waals surface area contributed by atoms with Gasteiger partial charge in [-0.15, -0.1) is 0 Å². The lowest BCUT2D eigenvalue weighted by Crippen LogP contribution is -2.70.